The van der Waals surface area contributed by atoms with Crippen molar-refractivity contribution < 1.29 is 4.79 Å². The van der Waals surface area contributed by atoms with Crippen LogP contribution in [0.1, 0.15) is 52.0 Å². The van der Waals surface area contributed by atoms with Gasteiger partial charge < -0.3 is 10.6 Å². The minimum Gasteiger partial charge on any atom is -0.342 e. The van der Waals surface area contributed by atoms with Crippen LogP contribution >= 0.6 is 0 Å². The molecule has 1 aliphatic carbocycles. The van der Waals surface area contributed by atoms with Gasteiger partial charge in [-0.2, -0.15) is 0 Å². The van der Waals surface area contributed by atoms with E-state index in [-0.39, 0.29) is 23.3 Å². The monoisotopic (exact) mass is 302 g/mol. The lowest BCUT2D eigenvalue weighted by molar-refractivity contribution is -0.134. The van der Waals surface area contributed by atoms with Gasteiger partial charge in [0.1, 0.15) is 0 Å². The van der Waals surface area contributed by atoms with Crippen molar-refractivity contribution in [2.75, 3.05) is 13.1 Å². The third-order valence-corrected chi connectivity index (χ3v) is 4.95. The second-order valence-electron chi connectivity index (χ2n) is 6.51. The van der Waals surface area contributed by atoms with E-state index in [0.717, 1.165) is 44.3 Å². The van der Waals surface area contributed by atoms with Crippen molar-refractivity contribution >= 4 is 5.91 Å². The molecule has 1 aromatic carbocycles. The molecule has 1 aliphatic rings. The van der Waals surface area contributed by atoms with Gasteiger partial charge in [-0.15, -0.1) is 0 Å². The molecule has 1 amide bonds. The SMILES string of the molecule is CCCN(CCC)C(=O)[C@@]1(c2ccccc2)C[C@H]1[C@@H](N)CC. The first-order valence-corrected chi connectivity index (χ1v) is 8.72. The van der Waals surface area contributed by atoms with Crippen LogP contribution in [0.5, 0.6) is 0 Å². The zero-order valence-electron chi connectivity index (χ0n) is 14.2. The van der Waals surface area contributed by atoms with Gasteiger partial charge in [-0.25, -0.2) is 0 Å². The van der Waals surface area contributed by atoms with Crippen LogP contribution < -0.4 is 5.73 Å². The quantitative estimate of drug-likeness (QED) is 0.800. The van der Waals surface area contributed by atoms with Gasteiger partial charge in [0.15, 0.2) is 0 Å². The number of amides is 1. The Labute approximate surface area is 134 Å². The standard InChI is InChI=1S/C19H30N2O/c1-4-12-21(13-5-2)18(22)19(14-16(19)17(20)6-3)15-10-8-7-9-11-15/h7-11,16-17H,4-6,12-14,20H2,1-3H3/t16-,17-,19+/m0/s1. The Morgan fingerprint density at radius 3 is 2.32 bits per heavy atom. The van der Waals surface area contributed by atoms with Crippen LogP contribution in [-0.4, -0.2) is 29.9 Å². The maximum absolute atomic E-state index is 13.3. The molecule has 3 nitrogen and oxygen atoms in total. The van der Waals surface area contributed by atoms with E-state index in [1.807, 2.05) is 18.2 Å². The normalized spacial score (nSPS) is 24.8. The number of rotatable bonds is 8. The van der Waals surface area contributed by atoms with E-state index in [1.165, 1.54) is 0 Å². The first-order valence-electron chi connectivity index (χ1n) is 8.72. The second kappa shape index (κ2) is 7.28. The largest absolute Gasteiger partial charge is 0.342 e. The number of nitrogens with zero attached hydrogens (tertiary/aromatic N) is 1. The van der Waals surface area contributed by atoms with E-state index in [4.69, 9.17) is 5.73 Å². The molecule has 0 aliphatic heterocycles. The molecule has 3 atom stereocenters. The Morgan fingerprint density at radius 1 is 1.23 bits per heavy atom. The van der Waals surface area contributed by atoms with Gasteiger partial charge in [0.05, 0.1) is 5.41 Å². The Balaban J connectivity index is 2.32. The summed E-state index contributed by atoms with van der Waals surface area (Å²) >= 11 is 0. The molecule has 1 aromatic rings. The van der Waals surface area contributed by atoms with E-state index in [9.17, 15) is 4.79 Å². The van der Waals surface area contributed by atoms with Crippen LogP contribution in [0.25, 0.3) is 0 Å². The van der Waals surface area contributed by atoms with Crippen LogP contribution in [0.15, 0.2) is 30.3 Å². The highest BCUT2D eigenvalue weighted by molar-refractivity contribution is 5.92. The van der Waals surface area contributed by atoms with Crippen molar-refractivity contribution in [1.82, 2.24) is 4.90 Å². The Morgan fingerprint density at radius 2 is 1.82 bits per heavy atom. The van der Waals surface area contributed by atoms with Gasteiger partial charge in [0.2, 0.25) is 5.91 Å². The molecule has 0 spiro atoms. The van der Waals surface area contributed by atoms with Gasteiger partial charge in [-0.3, -0.25) is 4.79 Å². The molecule has 0 unspecified atom stereocenters. The van der Waals surface area contributed by atoms with Crippen molar-refractivity contribution in [3.05, 3.63) is 35.9 Å². The van der Waals surface area contributed by atoms with Crippen LogP contribution in [-0.2, 0) is 10.2 Å². The predicted octanol–water partition coefficient (Wildman–Crippen LogP) is 3.33. The number of carbonyl (C=O) groups excluding carboxylic acids is 1. The van der Waals surface area contributed by atoms with Crippen molar-refractivity contribution in [3.63, 3.8) is 0 Å². The molecule has 0 aromatic heterocycles. The van der Waals surface area contributed by atoms with Gasteiger partial charge in [-0.1, -0.05) is 51.1 Å². The smallest absolute Gasteiger partial charge is 0.233 e. The molecule has 0 radical (unpaired) electrons. The lowest BCUT2D eigenvalue weighted by Gasteiger charge is -2.29. The van der Waals surface area contributed by atoms with Crippen LogP contribution in [0, 0.1) is 5.92 Å². The van der Waals surface area contributed by atoms with Gasteiger partial charge in [0, 0.05) is 19.1 Å². The number of nitrogens with two attached hydrogens (primary N) is 1. The fraction of sp³-hybridized carbons (Fsp3) is 0.632. The van der Waals surface area contributed by atoms with Crippen LogP contribution in [0.4, 0.5) is 0 Å². The summed E-state index contributed by atoms with van der Waals surface area (Å²) in [6.07, 6.45) is 3.82. The lowest BCUT2D eigenvalue weighted by Crippen LogP contribution is -2.43. The third kappa shape index (κ3) is 3.05. The highest BCUT2D eigenvalue weighted by Crippen LogP contribution is 2.57. The van der Waals surface area contributed by atoms with Gasteiger partial charge in [-0.05, 0) is 37.2 Å². The molecule has 0 bridgehead atoms. The zero-order chi connectivity index (χ0) is 16.2. The molecule has 1 saturated carbocycles. The first kappa shape index (κ1) is 17.0. The Bertz CT molecular complexity index is 481. The van der Waals surface area contributed by atoms with E-state index < -0.39 is 0 Å². The molecule has 0 heterocycles. The summed E-state index contributed by atoms with van der Waals surface area (Å²) in [6, 6.07) is 10.4. The molecule has 0 saturated heterocycles. The summed E-state index contributed by atoms with van der Waals surface area (Å²) in [4.78, 5) is 15.4. The number of hydrogen-bond donors (Lipinski definition) is 1. The second-order valence-corrected chi connectivity index (χ2v) is 6.51. The molecule has 3 heteroatoms. The number of hydrogen-bond acceptors (Lipinski definition) is 2. The lowest BCUT2D eigenvalue weighted by atomic mass is 9.88. The van der Waals surface area contributed by atoms with Gasteiger partial charge in [0.25, 0.3) is 0 Å². The zero-order valence-corrected chi connectivity index (χ0v) is 14.2. The summed E-state index contributed by atoms with van der Waals surface area (Å²) in [6.45, 7) is 8.06. The highest BCUT2D eigenvalue weighted by Gasteiger charge is 2.63. The van der Waals surface area contributed by atoms with E-state index in [2.05, 4.69) is 37.8 Å². The average Bonchev–Trinajstić information content (AvgIpc) is 3.31. The van der Waals surface area contributed by atoms with E-state index in [0.29, 0.717) is 0 Å². The van der Waals surface area contributed by atoms with Gasteiger partial charge >= 0.3 is 0 Å². The fourth-order valence-corrected chi connectivity index (χ4v) is 3.66. The molecule has 122 valence electrons. The number of carbonyl (C=O) groups is 1. The van der Waals surface area contributed by atoms with E-state index in [1.54, 1.807) is 0 Å². The predicted molar refractivity (Wildman–Crippen MR) is 91.7 cm³/mol. The first-order chi connectivity index (χ1) is 10.6. The van der Waals surface area contributed by atoms with Crippen molar-refractivity contribution in [2.45, 2.75) is 57.9 Å². The third-order valence-electron chi connectivity index (χ3n) is 4.95. The minimum absolute atomic E-state index is 0.106. The van der Waals surface area contributed by atoms with E-state index >= 15 is 0 Å². The minimum atomic E-state index is -0.374. The summed E-state index contributed by atoms with van der Waals surface area (Å²) in [7, 11) is 0. The Kier molecular flexibility index (Phi) is 5.63. The summed E-state index contributed by atoms with van der Waals surface area (Å²) in [5.41, 5.74) is 7.08. The maximum Gasteiger partial charge on any atom is 0.233 e. The molecular weight excluding hydrogens is 272 g/mol. The van der Waals surface area contributed by atoms with Crippen LogP contribution in [0.2, 0.25) is 0 Å². The Hall–Kier alpha value is -1.35. The molecular formula is C19H30N2O. The number of benzene rings is 1. The van der Waals surface area contributed by atoms with Crippen molar-refractivity contribution in [3.8, 4) is 0 Å². The topological polar surface area (TPSA) is 46.3 Å². The highest BCUT2D eigenvalue weighted by atomic mass is 16.2. The molecule has 22 heavy (non-hydrogen) atoms. The molecule has 2 N–H and O–H groups in total. The molecule has 1 fully saturated rings. The van der Waals surface area contributed by atoms with Crippen LogP contribution in [0.3, 0.4) is 0 Å². The maximum atomic E-state index is 13.3. The van der Waals surface area contributed by atoms with Crippen molar-refractivity contribution in [2.24, 2.45) is 11.7 Å². The van der Waals surface area contributed by atoms with Crippen molar-refractivity contribution in [1.29, 1.82) is 0 Å². The molecule has 2 rings (SSSR count). The summed E-state index contributed by atoms with van der Waals surface area (Å²) in [5.74, 6) is 0.569. The average molecular weight is 302 g/mol. The summed E-state index contributed by atoms with van der Waals surface area (Å²) < 4.78 is 0. The fourth-order valence-electron chi connectivity index (χ4n) is 3.66. The summed E-state index contributed by atoms with van der Waals surface area (Å²) in [5, 5.41) is 0.